The van der Waals surface area contributed by atoms with Gasteiger partial charge in [-0.15, -0.1) is 0 Å². The molecule has 31 heavy (non-hydrogen) atoms. The van der Waals surface area contributed by atoms with Crippen LogP contribution >= 0.6 is 8.81 Å². The lowest BCUT2D eigenvalue weighted by atomic mass is 9.99. The zero-order valence-corrected chi connectivity index (χ0v) is 20.8. The average Bonchev–Trinajstić information content (AvgIpc) is 2.79. The van der Waals surface area contributed by atoms with Crippen molar-refractivity contribution in [1.82, 2.24) is 0 Å². The molecular formula is C26H41O4P. The van der Waals surface area contributed by atoms with E-state index in [0.29, 0.717) is 40.5 Å². The second-order valence-corrected chi connectivity index (χ2v) is 9.33. The summed E-state index contributed by atoms with van der Waals surface area (Å²) in [6, 6.07) is 20.4. The van der Waals surface area contributed by atoms with Crippen LogP contribution in [-0.4, -0.2) is 37.7 Å². The highest BCUT2D eigenvalue weighted by Crippen LogP contribution is 2.21. The van der Waals surface area contributed by atoms with Crippen LogP contribution in [-0.2, 0) is 27.2 Å². The van der Waals surface area contributed by atoms with Gasteiger partial charge in [-0.3, -0.25) is 0 Å². The van der Waals surface area contributed by atoms with Crippen LogP contribution in [0.1, 0.15) is 38.8 Å². The van der Waals surface area contributed by atoms with Gasteiger partial charge in [-0.25, -0.2) is 0 Å². The number of aliphatic hydroxyl groups is 1. The van der Waals surface area contributed by atoms with Gasteiger partial charge in [-0.05, 0) is 36.0 Å². The van der Waals surface area contributed by atoms with Crippen molar-refractivity contribution >= 4 is 8.81 Å². The van der Waals surface area contributed by atoms with E-state index in [1.165, 1.54) is 11.1 Å². The molecule has 0 saturated carbocycles. The summed E-state index contributed by atoms with van der Waals surface area (Å²) in [5.41, 5.74) is 2.41. The number of hydrogen-bond donors (Lipinski definition) is 1. The summed E-state index contributed by atoms with van der Waals surface area (Å²) in [7, 11) is 2.38. The van der Waals surface area contributed by atoms with Crippen molar-refractivity contribution in [3.63, 3.8) is 0 Å². The van der Waals surface area contributed by atoms with E-state index in [1.807, 2.05) is 55.5 Å². The molecule has 2 rings (SSSR count). The van der Waals surface area contributed by atoms with Crippen molar-refractivity contribution in [2.45, 2.75) is 47.0 Å². The molecule has 4 nitrogen and oxygen atoms in total. The summed E-state index contributed by atoms with van der Waals surface area (Å²) in [5, 5.41) is 9.24. The lowest BCUT2D eigenvalue weighted by Gasteiger charge is -2.19. The van der Waals surface area contributed by atoms with E-state index in [4.69, 9.17) is 14.0 Å². The van der Waals surface area contributed by atoms with Crippen LogP contribution in [0.2, 0.25) is 0 Å². The second kappa shape index (κ2) is 17.3. The Kier molecular flexibility index (Phi) is 15.5. The topological polar surface area (TPSA) is 47.9 Å². The van der Waals surface area contributed by atoms with Gasteiger partial charge in [0.25, 0.3) is 0 Å². The Balaban J connectivity index is 0.000000316. The fourth-order valence-corrected chi connectivity index (χ4v) is 3.43. The largest absolute Gasteiger partial charge is 0.393 e. The molecule has 2 aromatic carbocycles. The summed E-state index contributed by atoms with van der Waals surface area (Å²) >= 11 is 0. The fourth-order valence-electron chi connectivity index (χ4n) is 2.59. The van der Waals surface area contributed by atoms with Crippen LogP contribution in [0.4, 0.5) is 0 Å². The highest BCUT2D eigenvalue weighted by Gasteiger charge is 2.12. The van der Waals surface area contributed by atoms with Crippen molar-refractivity contribution in [3.05, 3.63) is 71.8 Å². The molecule has 1 unspecified atom stereocenters. The van der Waals surface area contributed by atoms with E-state index in [1.54, 1.807) is 14.0 Å². The van der Waals surface area contributed by atoms with Gasteiger partial charge in [0.1, 0.15) is 0 Å². The van der Waals surface area contributed by atoms with Gasteiger partial charge in [-0.2, -0.15) is 0 Å². The molecule has 0 radical (unpaired) electrons. The van der Waals surface area contributed by atoms with E-state index >= 15 is 0 Å². The van der Waals surface area contributed by atoms with E-state index < -0.39 is 0 Å². The highest BCUT2D eigenvalue weighted by atomic mass is 31.1. The quantitative estimate of drug-likeness (QED) is 0.386. The van der Waals surface area contributed by atoms with E-state index in [0.717, 1.165) is 12.8 Å². The SMILES string of the molecule is COPC[C@H](C)[C@H](C)COCc1ccccc1.C[C@H](COCc1ccccc1)[C@@H](C)O. The van der Waals surface area contributed by atoms with Crippen LogP contribution in [0.25, 0.3) is 0 Å². The number of benzene rings is 2. The minimum atomic E-state index is -0.300. The third-order valence-corrected chi connectivity index (χ3v) is 6.43. The summed E-state index contributed by atoms with van der Waals surface area (Å²) in [5.74, 6) is 1.43. The molecule has 0 bridgehead atoms. The van der Waals surface area contributed by atoms with Crippen LogP contribution in [0.3, 0.4) is 0 Å². The summed E-state index contributed by atoms with van der Waals surface area (Å²) < 4.78 is 16.4. The lowest BCUT2D eigenvalue weighted by molar-refractivity contribution is 0.0367. The first kappa shape index (κ1) is 27.7. The van der Waals surface area contributed by atoms with Gasteiger partial charge < -0.3 is 19.1 Å². The third-order valence-electron chi connectivity index (χ3n) is 5.33. The average molecular weight is 449 g/mol. The smallest absolute Gasteiger partial charge is 0.0717 e. The minimum Gasteiger partial charge on any atom is -0.393 e. The molecule has 174 valence electrons. The molecule has 0 amide bonds. The fraction of sp³-hybridized carbons (Fsp3) is 0.538. The molecule has 0 heterocycles. The molecule has 0 fully saturated rings. The highest BCUT2D eigenvalue weighted by molar-refractivity contribution is 7.32. The van der Waals surface area contributed by atoms with Crippen molar-refractivity contribution in [1.29, 1.82) is 0 Å². The number of rotatable bonds is 13. The molecular weight excluding hydrogens is 407 g/mol. The Morgan fingerprint density at radius 3 is 1.58 bits per heavy atom. The Labute approximate surface area is 191 Å². The predicted octanol–water partition coefficient (Wildman–Crippen LogP) is 5.94. The van der Waals surface area contributed by atoms with E-state index in [-0.39, 0.29) is 12.0 Å². The van der Waals surface area contributed by atoms with Gasteiger partial charge in [0.2, 0.25) is 0 Å². The molecule has 5 atom stereocenters. The first-order valence-corrected chi connectivity index (χ1v) is 12.2. The molecule has 0 aliphatic rings. The molecule has 0 aliphatic carbocycles. The van der Waals surface area contributed by atoms with Gasteiger partial charge in [0.15, 0.2) is 0 Å². The maximum absolute atomic E-state index is 9.24. The summed E-state index contributed by atoms with van der Waals surface area (Å²) in [6.07, 6.45) is 0.831. The Morgan fingerprint density at radius 2 is 1.16 bits per heavy atom. The summed E-state index contributed by atoms with van der Waals surface area (Å²) in [4.78, 5) is 0. The Morgan fingerprint density at radius 1 is 0.710 bits per heavy atom. The molecule has 0 saturated heterocycles. The third kappa shape index (κ3) is 13.7. The maximum Gasteiger partial charge on any atom is 0.0717 e. The normalized spacial score (nSPS) is 15.2. The lowest BCUT2D eigenvalue weighted by Crippen LogP contribution is -2.18. The first-order chi connectivity index (χ1) is 14.9. The molecule has 0 spiro atoms. The van der Waals surface area contributed by atoms with Crippen molar-refractivity contribution < 1.29 is 19.1 Å². The first-order valence-electron chi connectivity index (χ1n) is 11.1. The number of aliphatic hydroxyl groups excluding tert-OH is 1. The number of ether oxygens (including phenoxy) is 2. The molecule has 0 aliphatic heterocycles. The molecule has 2 aromatic rings. The monoisotopic (exact) mass is 448 g/mol. The molecule has 1 N–H and O–H groups in total. The summed E-state index contributed by atoms with van der Waals surface area (Å²) in [6.45, 7) is 11.0. The second-order valence-electron chi connectivity index (χ2n) is 8.23. The van der Waals surface area contributed by atoms with E-state index in [9.17, 15) is 5.11 Å². The Bertz CT molecular complexity index is 651. The molecule has 0 aromatic heterocycles. The number of hydrogen-bond acceptors (Lipinski definition) is 4. The zero-order chi connectivity index (χ0) is 22.9. The Hall–Kier alpha value is -1.29. The van der Waals surface area contributed by atoms with Crippen molar-refractivity contribution in [2.24, 2.45) is 17.8 Å². The maximum atomic E-state index is 9.24. The van der Waals surface area contributed by atoms with Crippen LogP contribution in [0, 0.1) is 17.8 Å². The van der Waals surface area contributed by atoms with Gasteiger partial charge in [0.05, 0.1) is 25.9 Å². The van der Waals surface area contributed by atoms with E-state index in [2.05, 4.69) is 26.0 Å². The zero-order valence-electron chi connectivity index (χ0n) is 19.8. The van der Waals surface area contributed by atoms with Crippen molar-refractivity contribution in [3.8, 4) is 0 Å². The molecule has 5 heteroatoms. The van der Waals surface area contributed by atoms with Crippen LogP contribution in [0.5, 0.6) is 0 Å². The van der Waals surface area contributed by atoms with Gasteiger partial charge in [0, 0.05) is 28.4 Å². The van der Waals surface area contributed by atoms with Crippen LogP contribution in [0.15, 0.2) is 60.7 Å². The van der Waals surface area contributed by atoms with Crippen molar-refractivity contribution in [2.75, 3.05) is 26.5 Å². The standard InChI is InChI=1S/C14H23O2P.C12H18O2/c1-12(13(2)11-17-15-3)9-16-10-14-7-5-4-6-8-14;1-10(11(2)13)8-14-9-12-6-4-3-5-7-12/h4-8,12-13,17H,9-11H2,1-3H3;3-7,10-11,13H,8-9H2,1-2H3/t12-,13+;10-,11-/m11/s1. The van der Waals surface area contributed by atoms with Gasteiger partial charge in [-0.1, -0.05) is 81.4 Å². The predicted molar refractivity (Wildman–Crippen MR) is 132 cm³/mol. The van der Waals surface area contributed by atoms with Crippen LogP contribution < -0.4 is 0 Å². The van der Waals surface area contributed by atoms with Gasteiger partial charge >= 0.3 is 0 Å². The minimum absolute atomic E-state index is 0.193.